The first-order valence-corrected chi connectivity index (χ1v) is 11.8. The van der Waals surface area contributed by atoms with Gasteiger partial charge in [0, 0.05) is 48.8 Å². The molecule has 2 saturated heterocycles. The summed E-state index contributed by atoms with van der Waals surface area (Å²) in [6.07, 6.45) is 2.96. The fourth-order valence-electron chi connectivity index (χ4n) is 4.02. The van der Waals surface area contributed by atoms with E-state index >= 15 is 4.39 Å². The molecule has 172 valence electrons. The summed E-state index contributed by atoms with van der Waals surface area (Å²) in [7, 11) is 0. The van der Waals surface area contributed by atoms with Crippen LogP contribution in [0.3, 0.4) is 0 Å². The molecule has 4 rings (SSSR count). The number of ether oxygens (including phenoxy) is 1. The van der Waals surface area contributed by atoms with E-state index < -0.39 is 29.6 Å². The molecule has 2 atom stereocenters. The van der Waals surface area contributed by atoms with Crippen LogP contribution in [-0.2, 0) is 20.9 Å². The highest BCUT2D eigenvalue weighted by Gasteiger charge is 2.43. The maximum absolute atomic E-state index is 15.3. The number of nitrogens with two attached hydrogens (primary N) is 1. The van der Waals surface area contributed by atoms with Crippen LogP contribution in [0, 0.1) is 11.7 Å². The summed E-state index contributed by atoms with van der Waals surface area (Å²) in [4.78, 5) is 27.3. The molecule has 32 heavy (non-hydrogen) atoms. The third-order valence-electron chi connectivity index (χ3n) is 5.89. The van der Waals surface area contributed by atoms with Crippen LogP contribution in [0.4, 0.5) is 8.78 Å². The minimum atomic E-state index is -0.995. The summed E-state index contributed by atoms with van der Waals surface area (Å²) in [6, 6.07) is 2.45. The van der Waals surface area contributed by atoms with Gasteiger partial charge in [0.05, 0.1) is 16.5 Å². The summed E-state index contributed by atoms with van der Waals surface area (Å²) in [5.74, 6) is -1.71. The molecule has 0 spiro atoms. The number of halogens is 3. The van der Waals surface area contributed by atoms with E-state index in [1.165, 1.54) is 29.3 Å². The molecule has 1 amide bonds. The second-order valence-corrected chi connectivity index (χ2v) is 9.62. The van der Waals surface area contributed by atoms with Gasteiger partial charge in [-0.2, -0.15) is 0 Å². The van der Waals surface area contributed by atoms with Gasteiger partial charge in [0.15, 0.2) is 5.78 Å². The molecule has 1 unspecified atom stereocenters. The molecule has 3 aliphatic rings. The zero-order chi connectivity index (χ0) is 22.8. The number of carbonyl (C=O) groups excluding carboxylic acids is 2. The minimum absolute atomic E-state index is 0.0415. The van der Waals surface area contributed by atoms with Crippen molar-refractivity contribution in [2.45, 2.75) is 31.5 Å². The highest BCUT2D eigenvalue weighted by Crippen LogP contribution is 2.40. The van der Waals surface area contributed by atoms with Crippen molar-refractivity contribution in [3.05, 3.63) is 57.1 Å². The normalized spacial score (nSPS) is 24.3. The summed E-state index contributed by atoms with van der Waals surface area (Å²) in [5.41, 5.74) is 6.01. The van der Waals surface area contributed by atoms with Gasteiger partial charge in [0.1, 0.15) is 17.7 Å². The monoisotopic (exact) mass is 483 g/mol. The number of amides is 1. The second-order valence-electron chi connectivity index (χ2n) is 8.12. The largest absolute Gasteiger partial charge is 0.381 e. The van der Waals surface area contributed by atoms with E-state index in [9.17, 15) is 14.0 Å². The first-order chi connectivity index (χ1) is 15.3. The first-order valence-electron chi connectivity index (χ1n) is 10.4. The van der Waals surface area contributed by atoms with Crippen LogP contribution in [0.15, 0.2) is 40.7 Å². The van der Waals surface area contributed by atoms with Gasteiger partial charge in [-0.1, -0.05) is 17.7 Å². The van der Waals surface area contributed by atoms with Gasteiger partial charge < -0.3 is 20.7 Å². The molecule has 0 aliphatic carbocycles. The maximum atomic E-state index is 15.3. The lowest BCUT2D eigenvalue weighted by atomic mass is 9.97. The molecule has 2 fully saturated rings. The summed E-state index contributed by atoms with van der Waals surface area (Å²) in [6.45, 7) is 1.65. The molecule has 0 aromatic heterocycles. The van der Waals surface area contributed by atoms with Crippen molar-refractivity contribution < 1.29 is 23.1 Å². The second kappa shape index (κ2) is 9.91. The van der Waals surface area contributed by atoms with Crippen molar-refractivity contribution in [1.29, 1.82) is 0 Å². The Kier molecular flexibility index (Phi) is 7.19. The lowest BCUT2D eigenvalue weighted by Gasteiger charge is -2.39. The van der Waals surface area contributed by atoms with Crippen LogP contribution in [0.2, 0.25) is 5.02 Å². The Morgan fingerprint density at radius 3 is 2.78 bits per heavy atom. The number of hydrogen-bond acceptors (Lipinski definition) is 6. The van der Waals surface area contributed by atoms with Crippen molar-refractivity contribution in [3.8, 4) is 0 Å². The lowest BCUT2D eigenvalue weighted by molar-refractivity contribution is -0.124. The number of nitrogens with one attached hydrogen (secondary N) is 1. The molecule has 3 aliphatic heterocycles. The molecule has 0 radical (unpaired) electrons. The average molecular weight is 484 g/mol. The lowest BCUT2D eigenvalue weighted by Crippen LogP contribution is -2.52. The van der Waals surface area contributed by atoms with Crippen LogP contribution >= 0.6 is 23.4 Å². The van der Waals surface area contributed by atoms with Gasteiger partial charge in [-0.25, -0.2) is 8.78 Å². The summed E-state index contributed by atoms with van der Waals surface area (Å²) < 4.78 is 35.1. The predicted octanol–water partition coefficient (Wildman–Crippen LogP) is 2.91. The smallest absolute Gasteiger partial charge is 0.255 e. The third kappa shape index (κ3) is 4.85. The molecule has 3 heterocycles. The van der Waals surface area contributed by atoms with Crippen LogP contribution in [0.1, 0.15) is 18.4 Å². The Hall–Kier alpha value is -1.94. The van der Waals surface area contributed by atoms with Crippen molar-refractivity contribution in [2.24, 2.45) is 11.7 Å². The van der Waals surface area contributed by atoms with Gasteiger partial charge in [-0.15, -0.1) is 11.8 Å². The fraction of sp³-hybridized carbons (Fsp3) is 0.455. The van der Waals surface area contributed by atoms with E-state index in [-0.39, 0.29) is 45.1 Å². The molecule has 10 heteroatoms. The standard InChI is InChI=1S/C22H24ClF2N3O3S/c23-14-2-1-13(16(24)7-14)9-28-10-15(22(30)27-8-12-3-5-31-6-4-12)18(25)21-19(28)20(29)17(26)11-32-21/h1-2,7,10,12,17,19H,3-6,8-9,11,26H2,(H,27,30)/t17-,19?/m0/s1. The zero-order valence-corrected chi connectivity index (χ0v) is 18.9. The summed E-state index contributed by atoms with van der Waals surface area (Å²) >= 11 is 6.96. The highest BCUT2D eigenvalue weighted by atomic mass is 35.5. The van der Waals surface area contributed by atoms with Crippen molar-refractivity contribution in [3.63, 3.8) is 0 Å². The quantitative estimate of drug-likeness (QED) is 0.670. The number of fused-ring (bicyclic) bond motifs is 1. The van der Waals surface area contributed by atoms with Gasteiger partial charge in [-0.3, -0.25) is 9.59 Å². The number of thioether (sulfide) groups is 1. The Labute approximate surface area is 194 Å². The number of benzene rings is 1. The topological polar surface area (TPSA) is 84.7 Å². The highest BCUT2D eigenvalue weighted by molar-refractivity contribution is 8.03. The van der Waals surface area contributed by atoms with E-state index in [0.717, 1.165) is 24.6 Å². The van der Waals surface area contributed by atoms with Crippen LogP contribution in [0.5, 0.6) is 0 Å². The predicted molar refractivity (Wildman–Crippen MR) is 119 cm³/mol. The van der Waals surface area contributed by atoms with Crippen LogP contribution < -0.4 is 11.1 Å². The maximum Gasteiger partial charge on any atom is 0.255 e. The molecule has 1 aromatic rings. The molecular formula is C22H24ClF2N3O3S. The fourth-order valence-corrected chi connectivity index (χ4v) is 5.35. The van der Waals surface area contributed by atoms with E-state index in [4.69, 9.17) is 22.1 Å². The van der Waals surface area contributed by atoms with Gasteiger partial charge in [0.25, 0.3) is 5.91 Å². The van der Waals surface area contributed by atoms with E-state index in [2.05, 4.69) is 5.32 Å². The minimum Gasteiger partial charge on any atom is -0.381 e. The van der Waals surface area contributed by atoms with Crippen LogP contribution in [0.25, 0.3) is 0 Å². The number of nitrogens with zero attached hydrogens (tertiary/aromatic N) is 1. The number of hydrogen-bond donors (Lipinski definition) is 2. The molecule has 3 N–H and O–H groups in total. The van der Waals surface area contributed by atoms with E-state index in [1.54, 1.807) is 0 Å². The van der Waals surface area contributed by atoms with E-state index in [1.807, 2.05) is 0 Å². The Morgan fingerprint density at radius 1 is 1.31 bits per heavy atom. The number of carbonyl (C=O) groups is 2. The molecule has 6 nitrogen and oxygen atoms in total. The van der Waals surface area contributed by atoms with Gasteiger partial charge in [0.2, 0.25) is 0 Å². The van der Waals surface area contributed by atoms with Crippen molar-refractivity contribution in [2.75, 3.05) is 25.5 Å². The SMILES string of the molecule is N[C@H]1CSC2=C(F)C(C(=O)NCC3CCOCC3)=CN(Cc3ccc(Cl)cc3F)C2C1=O. The zero-order valence-electron chi connectivity index (χ0n) is 17.3. The average Bonchev–Trinajstić information content (AvgIpc) is 2.78. The van der Waals surface area contributed by atoms with Crippen molar-refractivity contribution in [1.82, 2.24) is 10.2 Å². The number of ketones is 1. The number of rotatable bonds is 5. The molecule has 1 aromatic carbocycles. The first kappa shape index (κ1) is 23.2. The van der Waals surface area contributed by atoms with E-state index in [0.29, 0.717) is 19.8 Å². The van der Waals surface area contributed by atoms with Gasteiger partial charge >= 0.3 is 0 Å². The molecular weight excluding hydrogens is 460 g/mol. The number of Topliss-reactive ketones (excluding diaryl/α,β-unsaturated/α-hetero) is 1. The third-order valence-corrected chi connectivity index (χ3v) is 7.36. The molecule has 0 saturated carbocycles. The van der Waals surface area contributed by atoms with Crippen molar-refractivity contribution >= 4 is 35.1 Å². The summed E-state index contributed by atoms with van der Waals surface area (Å²) in [5, 5.41) is 3.04. The van der Waals surface area contributed by atoms with Gasteiger partial charge in [-0.05, 0) is 30.9 Å². The van der Waals surface area contributed by atoms with Crippen LogP contribution in [-0.4, -0.2) is 54.2 Å². The Morgan fingerprint density at radius 2 is 2.06 bits per heavy atom. The molecule has 0 bridgehead atoms. The Bertz CT molecular complexity index is 981. The Balaban J connectivity index is 1.60.